The Labute approximate surface area is 182 Å². The molecule has 1 aromatic heterocycles. The van der Waals surface area contributed by atoms with Gasteiger partial charge in [-0.15, -0.1) is 0 Å². The van der Waals surface area contributed by atoms with Gasteiger partial charge in [0.2, 0.25) is 0 Å². The second-order valence-corrected chi connectivity index (χ2v) is 7.92. The second kappa shape index (κ2) is 9.39. The van der Waals surface area contributed by atoms with Crippen LogP contribution in [-0.2, 0) is 11.3 Å². The molecule has 2 heterocycles. The van der Waals surface area contributed by atoms with Gasteiger partial charge in [0, 0.05) is 25.7 Å². The Morgan fingerprint density at radius 1 is 1.23 bits per heavy atom. The smallest absolute Gasteiger partial charge is 0.337 e. The fourth-order valence-corrected chi connectivity index (χ4v) is 3.95. The van der Waals surface area contributed by atoms with Gasteiger partial charge in [0.15, 0.2) is 5.58 Å². The third-order valence-corrected chi connectivity index (χ3v) is 5.68. The monoisotopic (exact) mass is 423 g/mol. The number of carbonyl (C=O) groups is 1. The molecule has 0 amide bonds. The average Bonchev–Trinajstić information content (AvgIpc) is 3.18. The van der Waals surface area contributed by atoms with Crippen molar-refractivity contribution in [1.82, 2.24) is 9.88 Å². The standard InChI is InChI=1S/C24H29N3O4/c1-4-30-21-13-17(6-5-16(21)2)15-27-11-9-19(10-12-27)25-24-26-20-8-7-18(23(28)29-3)14-22(20)31-24/h5-8,13-14,19H,4,9-12,15H2,1-3H3,(H,25,26). The zero-order valence-electron chi connectivity index (χ0n) is 18.3. The van der Waals surface area contributed by atoms with E-state index in [4.69, 9.17) is 13.9 Å². The number of nitrogens with one attached hydrogen (secondary N) is 1. The number of methoxy groups -OCH3 is 1. The summed E-state index contributed by atoms with van der Waals surface area (Å²) in [7, 11) is 1.36. The van der Waals surface area contributed by atoms with Crippen molar-refractivity contribution in [1.29, 1.82) is 0 Å². The van der Waals surface area contributed by atoms with E-state index in [9.17, 15) is 4.79 Å². The number of anilines is 1. The predicted octanol–water partition coefficient (Wildman–Crippen LogP) is 4.40. The number of aromatic nitrogens is 1. The summed E-state index contributed by atoms with van der Waals surface area (Å²) >= 11 is 0. The van der Waals surface area contributed by atoms with Gasteiger partial charge >= 0.3 is 5.97 Å². The van der Waals surface area contributed by atoms with Crippen molar-refractivity contribution in [2.75, 3.05) is 32.1 Å². The maximum Gasteiger partial charge on any atom is 0.337 e. The Balaban J connectivity index is 1.33. The van der Waals surface area contributed by atoms with Gasteiger partial charge in [-0.1, -0.05) is 12.1 Å². The van der Waals surface area contributed by atoms with E-state index in [0.717, 1.165) is 43.7 Å². The quantitative estimate of drug-likeness (QED) is 0.565. The molecule has 4 rings (SSSR count). The molecule has 3 aromatic rings. The van der Waals surface area contributed by atoms with Gasteiger partial charge in [-0.2, -0.15) is 4.98 Å². The molecule has 31 heavy (non-hydrogen) atoms. The SMILES string of the molecule is CCOc1cc(CN2CCC(Nc3nc4ccc(C(=O)OC)cc4o3)CC2)ccc1C. The third-order valence-electron chi connectivity index (χ3n) is 5.68. The van der Waals surface area contributed by atoms with Crippen molar-refractivity contribution in [2.24, 2.45) is 0 Å². The molecule has 0 spiro atoms. The van der Waals surface area contributed by atoms with E-state index in [1.807, 2.05) is 6.92 Å². The second-order valence-electron chi connectivity index (χ2n) is 7.92. The number of hydrogen-bond acceptors (Lipinski definition) is 7. The number of likely N-dealkylation sites (tertiary alicyclic amines) is 1. The molecule has 0 atom stereocenters. The van der Waals surface area contributed by atoms with E-state index in [1.54, 1.807) is 18.2 Å². The van der Waals surface area contributed by atoms with Gasteiger partial charge in [-0.05, 0) is 62.1 Å². The molecule has 1 fully saturated rings. The number of hydrogen-bond donors (Lipinski definition) is 1. The number of ether oxygens (including phenoxy) is 2. The molecule has 2 aromatic carbocycles. The summed E-state index contributed by atoms with van der Waals surface area (Å²) in [6.07, 6.45) is 2.02. The average molecular weight is 424 g/mol. The lowest BCUT2D eigenvalue weighted by molar-refractivity contribution is 0.0600. The van der Waals surface area contributed by atoms with Crippen LogP contribution in [0.5, 0.6) is 5.75 Å². The zero-order valence-corrected chi connectivity index (χ0v) is 18.3. The highest BCUT2D eigenvalue weighted by Crippen LogP contribution is 2.25. The van der Waals surface area contributed by atoms with Gasteiger partial charge in [-0.25, -0.2) is 4.79 Å². The van der Waals surface area contributed by atoms with E-state index in [-0.39, 0.29) is 5.97 Å². The summed E-state index contributed by atoms with van der Waals surface area (Å²) in [5.74, 6) is 0.588. The molecule has 1 saturated heterocycles. The van der Waals surface area contributed by atoms with Crippen LogP contribution in [-0.4, -0.2) is 48.7 Å². The fraction of sp³-hybridized carbons (Fsp3) is 0.417. The molecule has 0 radical (unpaired) electrons. The Hall–Kier alpha value is -3.06. The van der Waals surface area contributed by atoms with Gasteiger partial charge < -0.3 is 19.2 Å². The molecule has 164 valence electrons. The number of oxazole rings is 1. The molecule has 7 heteroatoms. The van der Waals surface area contributed by atoms with Crippen molar-refractivity contribution in [3.63, 3.8) is 0 Å². The number of esters is 1. The lowest BCUT2D eigenvalue weighted by atomic mass is 10.0. The van der Waals surface area contributed by atoms with E-state index in [1.165, 1.54) is 18.2 Å². The van der Waals surface area contributed by atoms with Crippen LogP contribution in [0, 0.1) is 6.92 Å². The summed E-state index contributed by atoms with van der Waals surface area (Å²) in [6, 6.07) is 12.4. The number of piperidine rings is 1. The summed E-state index contributed by atoms with van der Waals surface area (Å²) in [4.78, 5) is 18.7. The molecule has 0 saturated carbocycles. The summed E-state index contributed by atoms with van der Waals surface area (Å²) in [5.41, 5.74) is 4.20. The minimum Gasteiger partial charge on any atom is -0.494 e. The van der Waals surface area contributed by atoms with Crippen molar-refractivity contribution in [3.8, 4) is 5.75 Å². The molecular formula is C24H29N3O4. The minimum absolute atomic E-state index is 0.307. The molecule has 1 aliphatic heterocycles. The number of benzene rings is 2. The van der Waals surface area contributed by atoms with Crippen LogP contribution in [0.3, 0.4) is 0 Å². The molecule has 7 nitrogen and oxygen atoms in total. The zero-order chi connectivity index (χ0) is 21.8. The first-order chi connectivity index (χ1) is 15.1. The van der Waals surface area contributed by atoms with Crippen LogP contribution in [0.15, 0.2) is 40.8 Å². The van der Waals surface area contributed by atoms with Gasteiger partial charge in [0.05, 0.1) is 19.3 Å². The third kappa shape index (κ3) is 4.99. The highest BCUT2D eigenvalue weighted by Gasteiger charge is 2.21. The van der Waals surface area contributed by atoms with Crippen molar-refractivity contribution in [3.05, 3.63) is 53.1 Å². The lowest BCUT2D eigenvalue weighted by Crippen LogP contribution is -2.38. The van der Waals surface area contributed by atoms with Gasteiger partial charge in [0.1, 0.15) is 11.3 Å². The maximum absolute atomic E-state index is 11.7. The lowest BCUT2D eigenvalue weighted by Gasteiger charge is -2.32. The largest absolute Gasteiger partial charge is 0.494 e. The summed E-state index contributed by atoms with van der Waals surface area (Å²) in [5, 5.41) is 3.41. The summed E-state index contributed by atoms with van der Waals surface area (Å²) in [6.45, 7) is 7.70. The van der Waals surface area contributed by atoms with Crippen LogP contribution in [0.25, 0.3) is 11.1 Å². The van der Waals surface area contributed by atoms with E-state index in [2.05, 4.69) is 40.3 Å². The molecule has 1 N–H and O–H groups in total. The summed E-state index contributed by atoms with van der Waals surface area (Å²) < 4.78 is 16.3. The van der Waals surface area contributed by atoms with E-state index >= 15 is 0 Å². The Kier molecular flexibility index (Phi) is 6.42. The van der Waals surface area contributed by atoms with Crippen LogP contribution in [0.1, 0.15) is 41.3 Å². The number of nitrogens with zero attached hydrogens (tertiary/aromatic N) is 2. The Morgan fingerprint density at radius 2 is 2.03 bits per heavy atom. The van der Waals surface area contributed by atoms with Gasteiger partial charge in [0.25, 0.3) is 6.01 Å². The van der Waals surface area contributed by atoms with Crippen LogP contribution < -0.4 is 10.1 Å². The number of aryl methyl sites for hydroxylation is 1. The number of fused-ring (bicyclic) bond motifs is 1. The Bertz CT molecular complexity index is 1050. The number of rotatable bonds is 7. The first kappa shape index (κ1) is 21.2. The minimum atomic E-state index is -0.387. The molecular weight excluding hydrogens is 394 g/mol. The fourth-order valence-electron chi connectivity index (χ4n) is 3.95. The molecule has 0 bridgehead atoms. The van der Waals surface area contributed by atoms with Crippen LogP contribution in [0.4, 0.5) is 6.01 Å². The topological polar surface area (TPSA) is 76.8 Å². The van der Waals surface area contributed by atoms with Crippen LogP contribution in [0.2, 0.25) is 0 Å². The van der Waals surface area contributed by atoms with E-state index in [0.29, 0.717) is 29.8 Å². The highest BCUT2D eigenvalue weighted by atomic mass is 16.5. The van der Waals surface area contributed by atoms with Crippen LogP contribution >= 0.6 is 0 Å². The normalized spacial score (nSPS) is 15.2. The molecule has 0 unspecified atom stereocenters. The van der Waals surface area contributed by atoms with Crippen molar-refractivity contribution < 1.29 is 18.7 Å². The molecule has 1 aliphatic rings. The van der Waals surface area contributed by atoms with Crippen molar-refractivity contribution >= 4 is 23.1 Å². The predicted molar refractivity (Wildman–Crippen MR) is 120 cm³/mol. The van der Waals surface area contributed by atoms with E-state index < -0.39 is 0 Å². The first-order valence-corrected chi connectivity index (χ1v) is 10.8. The van der Waals surface area contributed by atoms with Crippen molar-refractivity contribution in [2.45, 2.75) is 39.3 Å². The number of carbonyl (C=O) groups excluding carboxylic acids is 1. The maximum atomic E-state index is 11.7. The molecule has 0 aliphatic carbocycles. The Morgan fingerprint density at radius 3 is 2.77 bits per heavy atom. The van der Waals surface area contributed by atoms with Gasteiger partial charge in [-0.3, -0.25) is 4.90 Å². The first-order valence-electron chi connectivity index (χ1n) is 10.8. The highest BCUT2D eigenvalue weighted by molar-refractivity contribution is 5.93.